The molecule has 3 aromatic rings. The monoisotopic (exact) mass is 420 g/mol. The highest BCUT2D eigenvalue weighted by Gasteiger charge is 2.32. The van der Waals surface area contributed by atoms with Gasteiger partial charge in [-0.05, 0) is 49.4 Å². The molecule has 162 valence electrons. The van der Waals surface area contributed by atoms with Gasteiger partial charge in [-0.3, -0.25) is 4.79 Å². The maximum atomic E-state index is 12.2. The van der Waals surface area contributed by atoms with E-state index >= 15 is 0 Å². The van der Waals surface area contributed by atoms with Gasteiger partial charge in [-0.15, -0.1) is 5.10 Å². The van der Waals surface area contributed by atoms with Crippen molar-refractivity contribution in [3.8, 4) is 33.9 Å². The largest absolute Gasteiger partial charge is 0.493 e. The zero-order valence-corrected chi connectivity index (χ0v) is 18.2. The van der Waals surface area contributed by atoms with Crippen LogP contribution in [-0.4, -0.2) is 41.7 Å². The molecular weight excluding hydrogens is 392 g/mol. The topological polar surface area (TPSA) is 78.3 Å². The fourth-order valence-corrected chi connectivity index (χ4v) is 4.31. The molecule has 31 heavy (non-hydrogen) atoms. The molecule has 0 unspecified atom stereocenters. The number of methoxy groups -OCH3 is 2. The van der Waals surface area contributed by atoms with Gasteiger partial charge in [-0.2, -0.15) is 0 Å². The lowest BCUT2D eigenvalue weighted by atomic mass is 10.0. The summed E-state index contributed by atoms with van der Waals surface area (Å²) in [5.74, 6) is 1.61. The number of amides is 1. The van der Waals surface area contributed by atoms with E-state index in [1.54, 1.807) is 20.4 Å². The van der Waals surface area contributed by atoms with E-state index in [0.29, 0.717) is 18.0 Å². The summed E-state index contributed by atoms with van der Waals surface area (Å²) in [5, 5.41) is 11.4. The van der Waals surface area contributed by atoms with Gasteiger partial charge in [0.1, 0.15) is 0 Å². The highest BCUT2D eigenvalue weighted by Crippen LogP contribution is 2.37. The molecule has 1 N–H and O–H groups in total. The highest BCUT2D eigenvalue weighted by atomic mass is 16.5. The van der Waals surface area contributed by atoms with Crippen LogP contribution in [0.25, 0.3) is 22.4 Å². The molecule has 2 atom stereocenters. The van der Waals surface area contributed by atoms with Crippen molar-refractivity contribution in [2.24, 2.45) is 5.92 Å². The summed E-state index contributed by atoms with van der Waals surface area (Å²) >= 11 is 0. The van der Waals surface area contributed by atoms with E-state index in [9.17, 15) is 4.79 Å². The second kappa shape index (κ2) is 9.20. The van der Waals surface area contributed by atoms with Crippen LogP contribution >= 0.6 is 0 Å². The summed E-state index contributed by atoms with van der Waals surface area (Å²) < 4.78 is 12.7. The quantitative estimate of drug-likeness (QED) is 0.622. The minimum atomic E-state index is 0.0504. The number of hydrogen-bond acceptors (Lipinski definition) is 5. The predicted octanol–water partition coefficient (Wildman–Crippen LogP) is 4.11. The first-order chi connectivity index (χ1) is 15.1. The summed E-state index contributed by atoms with van der Waals surface area (Å²) in [7, 11) is 3.27. The van der Waals surface area contributed by atoms with Crippen molar-refractivity contribution < 1.29 is 14.3 Å². The Bertz CT molecular complexity index is 1050. The molecule has 1 saturated carbocycles. The van der Waals surface area contributed by atoms with E-state index in [1.165, 1.54) is 0 Å². The SMILES string of the molecule is CCNC(=O)[C@H]1CC[C@@H](n2nncc2-c2ccc(-c3ccc(OC)c(OC)c3)cc2)C1. The number of hydrogen-bond donors (Lipinski definition) is 1. The molecule has 1 fully saturated rings. The Morgan fingerprint density at radius 3 is 2.45 bits per heavy atom. The lowest BCUT2D eigenvalue weighted by Gasteiger charge is -2.15. The molecule has 0 aliphatic heterocycles. The van der Waals surface area contributed by atoms with Crippen LogP contribution in [0.3, 0.4) is 0 Å². The number of carbonyl (C=O) groups excluding carboxylic acids is 1. The molecule has 4 rings (SSSR count). The van der Waals surface area contributed by atoms with E-state index < -0.39 is 0 Å². The Morgan fingerprint density at radius 1 is 1.03 bits per heavy atom. The zero-order valence-electron chi connectivity index (χ0n) is 18.2. The molecule has 7 heteroatoms. The molecular formula is C24H28N4O3. The van der Waals surface area contributed by atoms with Crippen molar-refractivity contribution in [3.05, 3.63) is 48.7 Å². The van der Waals surface area contributed by atoms with Gasteiger partial charge in [-0.25, -0.2) is 4.68 Å². The smallest absolute Gasteiger partial charge is 0.223 e. The standard InChI is InChI=1S/C24H28N4O3/c1-4-25-24(29)19-9-11-20(13-19)28-21(15-26-27-28)17-7-5-16(6-8-17)18-10-12-22(30-2)23(14-18)31-3/h5-8,10,12,14-15,19-20H,4,9,11,13H2,1-3H3,(H,25,29)/t19-,20+/m0/s1. The van der Waals surface area contributed by atoms with Crippen LogP contribution in [0.1, 0.15) is 32.2 Å². The zero-order chi connectivity index (χ0) is 21.8. The molecule has 1 heterocycles. The second-order valence-electron chi connectivity index (χ2n) is 7.77. The third-order valence-corrected chi connectivity index (χ3v) is 5.94. The summed E-state index contributed by atoms with van der Waals surface area (Å²) in [6.07, 6.45) is 4.41. The fourth-order valence-electron chi connectivity index (χ4n) is 4.31. The lowest BCUT2D eigenvalue weighted by molar-refractivity contribution is -0.124. The second-order valence-corrected chi connectivity index (χ2v) is 7.77. The third kappa shape index (κ3) is 4.26. The maximum Gasteiger partial charge on any atom is 0.223 e. The summed E-state index contributed by atoms with van der Waals surface area (Å²) in [4.78, 5) is 12.2. The molecule has 1 aromatic heterocycles. The van der Waals surface area contributed by atoms with Gasteiger partial charge >= 0.3 is 0 Å². The van der Waals surface area contributed by atoms with Gasteiger partial charge in [0, 0.05) is 18.0 Å². The molecule has 7 nitrogen and oxygen atoms in total. The first-order valence-electron chi connectivity index (χ1n) is 10.6. The Labute approximate surface area is 182 Å². The van der Waals surface area contributed by atoms with E-state index in [4.69, 9.17) is 9.47 Å². The van der Waals surface area contributed by atoms with Crippen molar-refractivity contribution in [1.29, 1.82) is 0 Å². The van der Waals surface area contributed by atoms with Crippen LogP contribution in [0, 0.1) is 5.92 Å². The summed E-state index contributed by atoms with van der Waals surface area (Å²) in [6.45, 7) is 2.62. The van der Waals surface area contributed by atoms with Crippen molar-refractivity contribution in [2.45, 2.75) is 32.2 Å². The number of carbonyl (C=O) groups is 1. The number of ether oxygens (including phenoxy) is 2. The van der Waals surface area contributed by atoms with Gasteiger partial charge in [0.25, 0.3) is 0 Å². The van der Waals surface area contributed by atoms with Crippen LogP contribution in [0.15, 0.2) is 48.7 Å². The predicted molar refractivity (Wildman–Crippen MR) is 119 cm³/mol. The van der Waals surface area contributed by atoms with Gasteiger partial charge in [0.15, 0.2) is 11.5 Å². The summed E-state index contributed by atoms with van der Waals surface area (Å²) in [5.41, 5.74) is 4.16. The number of nitrogens with zero attached hydrogens (tertiary/aromatic N) is 3. The van der Waals surface area contributed by atoms with Crippen molar-refractivity contribution in [3.63, 3.8) is 0 Å². The van der Waals surface area contributed by atoms with Crippen LogP contribution < -0.4 is 14.8 Å². The third-order valence-electron chi connectivity index (χ3n) is 5.94. The first-order valence-corrected chi connectivity index (χ1v) is 10.6. The van der Waals surface area contributed by atoms with Crippen LogP contribution in [0.2, 0.25) is 0 Å². The van der Waals surface area contributed by atoms with E-state index in [2.05, 4.69) is 39.9 Å². The molecule has 1 aliphatic carbocycles. The normalized spacial score (nSPS) is 18.0. The first kappa shape index (κ1) is 20.9. The molecule has 1 amide bonds. The van der Waals surface area contributed by atoms with Crippen molar-refractivity contribution in [2.75, 3.05) is 20.8 Å². The van der Waals surface area contributed by atoms with Crippen LogP contribution in [0.5, 0.6) is 11.5 Å². The number of benzene rings is 2. The molecule has 1 aliphatic rings. The van der Waals surface area contributed by atoms with Gasteiger partial charge in [0.05, 0.1) is 32.2 Å². The van der Waals surface area contributed by atoms with Crippen molar-refractivity contribution >= 4 is 5.91 Å². The molecule has 0 saturated heterocycles. The molecule has 0 radical (unpaired) electrons. The Hall–Kier alpha value is -3.35. The van der Waals surface area contributed by atoms with Crippen LogP contribution in [0.4, 0.5) is 0 Å². The van der Waals surface area contributed by atoms with E-state index in [1.807, 2.05) is 29.8 Å². The summed E-state index contributed by atoms with van der Waals surface area (Å²) in [6, 6.07) is 14.4. The van der Waals surface area contributed by atoms with E-state index in [0.717, 1.165) is 41.6 Å². The number of nitrogens with one attached hydrogen (secondary N) is 1. The van der Waals surface area contributed by atoms with Gasteiger partial charge in [-0.1, -0.05) is 35.5 Å². The minimum absolute atomic E-state index is 0.0504. The average molecular weight is 421 g/mol. The molecule has 0 spiro atoms. The van der Waals surface area contributed by atoms with Gasteiger partial charge < -0.3 is 14.8 Å². The Balaban J connectivity index is 1.54. The Morgan fingerprint density at radius 2 is 1.74 bits per heavy atom. The van der Waals surface area contributed by atoms with E-state index in [-0.39, 0.29) is 17.9 Å². The fraction of sp³-hybridized carbons (Fsp3) is 0.375. The van der Waals surface area contributed by atoms with Crippen molar-refractivity contribution in [1.82, 2.24) is 20.3 Å². The average Bonchev–Trinajstić information content (AvgIpc) is 3.48. The molecule has 2 aromatic carbocycles. The lowest BCUT2D eigenvalue weighted by Crippen LogP contribution is -2.29. The minimum Gasteiger partial charge on any atom is -0.493 e. The number of aromatic nitrogens is 3. The highest BCUT2D eigenvalue weighted by molar-refractivity contribution is 5.79. The Kier molecular flexibility index (Phi) is 6.21. The maximum absolute atomic E-state index is 12.2. The van der Waals surface area contributed by atoms with Crippen LogP contribution in [-0.2, 0) is 4.79 Å². The number of rotatable bonds is 7. The van der Waals surface area contributed by atoms with Gasteiger partial charge in [0.2, 0.25) is 5.91 Å². The molecule has 0 bridgehead atoms.